The maximum atomic E-state index is 12.9. The van der Waals surface area contributed by atoms with Crippen molar-refractivity contribution in [1.82, 2.24) is 14.7 Å². The molecule has 0 bridgehead atoms. The summed E-state index contributed by atoms with van der Waals surface area (Å²) in [5.74, 6) is 0.652. The van der Waals surface area contributed by atoms with E-state index in [9.17, 15) is 13.2 Å². The Bertz CT molecular complexity index is 823. The van der Waals surface area contributed by atoms with E-state index in [1.807, 2.05) is 25.6 Å². The summed E-state index contributed by atoms with van der Waals surface area (Å²) in [4.78, 5) is 16.1. The van der Waals surface area contributed by atoms with Gasteiger partial charge in [-0.3, -0.25) is 9.48 Å². The van der Waals surface area contributed by atoms with Crippen LogP contribution in [-0.4, -0.2) is 66.2 Å². The van der Waals surface area contributed by atoms with Crippen molar-refractivity contribution in [2.24, 2.45) is 0 Å². The normalized spacial score (nSPS) is 28.5. The Morgan fingerprint density at radius 3 is 2.39 bits per heavy atom. The van der Waals surface area contributed by atoms with E-state index in [0.717, 1.165) is 41.2 Å². The van der Waals surface area contributed by atoms with Crippen molar-refractivity contribution in [2.75, 3.05) is 25.1 Å². The molecule has 2 saturated heterocycles. The number of quaternary nitrogens is 1. The number of hydrogen-bond acceptors (Lipinski definition) is 4. The van der Waals surface area contributed by atoms with Crippen molar-refractivity contribution in [2.45, 2.75) is 78.0 Å². The summed E-state index contributed by atoms with van der Waals surface area (Å²) in [5, 5.41) is 4.65. The molecule has 3 heterocycles. The first-order valence-electron chi connectivity index (χ1n) is 10.5. The fourth-order valence-electron chi connectivity index (χ4n) is 4.90. The lowest BCUT2D eigenvalue weighted by Gasteiger charge is -2.39. The molecule has 1 aromatic rings. The van der Waals surface area contributed by atoms with Crippen LogP contribution in [0.3, 0.4) is 0 Å². The summed E-state index contributed by atoms with van der Waals surface area (Å²) < 4.78 is 25.6. The Hall–Kier alpha value is -1.41. The Kier molecular flexibility index (Phi) is 6.20. The SMILES string of the molecule is Cc1nn([C@@H]2CCS(=O)(=O)C2)c(C)c1C[NH+](C)CC(=O)N1[C@H](C)CCC[C@@H]1C. The number of aromatic nitrogens is 2. The number of likely N-dealkylation sites (tertiary alicyclic amines) is 1. The van der Waals surface area contributed by atoms with Crippen LogP contribution in [0.2, 0.25) is 0 Å². The van der Waals surface area contributed by atoms with Crippen molar-refractivity contribution in [1.29, 1.82) is 0 Å². The van der Waals surface area contributed by atoms with E-state index in [2.05, 4.69) is 23.8 Å². The van der Waals surface area contributed by atoms with Crippen molar-refractivity contribution in [3.63, 3.8) is 0 Å². The molecule has 3 rings (SSSR count). The molecule has 1 unspecified atom stereocenters. The van der Waals surface area contributed by atoms with Crippen LogP contribution in [0.4, 0.5) is 0 Å². The molecule has 0 radical (unpaired) electrons. The van der Waals surface area contributed by atoms with Crippen molar-refractivity contribution >= 4 is 15.7 Å². The van der Waals surface area contributed by atoms with E-state index in [4.69, 9.17) is 0 Å². The van der Waals surface area contributed by atoms with Gasteiger partial charge >= 0.3 is 0 Å². The maximum absolute atomic E-state index is 12.9. The Morgan fingerprint density at radius 2 is 1.82 bits per heavy atom. The topological polar surface area (TPSA) is 76.7 Å². The predicted molar refractivity (Wildman–Crippen MR) is 109 cm³/mol. The Morgan fingerprint density at radius 1 is 1.18 bits per heavy atom. The standard InChI is InChI=1S/C20H34N4O3S/c1-14-7-6-8-15(2)23(14)20(25)12-22(5)11-19-16(3)21-24(17(19)4)18-9-10-28(26,27)13-18/h14-15,18H,6-13H2,1-5H3/p+1/t14-,15+,18-/m1/s1. The Labute approximate surface area is 169 Å². The van der Waals surface area contributed by atoms with Gasteiger partial charge in [0.15, 0.2) is 16.4 Å². The van der Waals surface area contributed by atoms with Gasteiger partial charge in [-0.25, -0.2) is 8.42 Å². The lowest BCUT2D eigenvalue weighted by Crippen LogP contribution is -3.09. The first-order valence-corrected chi connectivity index (χ1v) is 12.3. The highest BCUT2D eigenvalue weighted by Gasteiger charge is 2.33. The van der Waals surface area contributed by atoms with Crippen LogP contribution < -0.4 is 4.90 Å². The van der Waals surface area contributed by atoms with E-state index in [0.29, 0.717) is 25.0 Å². The number of nitrogens with zero attached hydrogens (tertiary/aromatic N) is 3. The van der Waals surface area contributed by atoms with Crippen molar-refractivity contribution < 1.29 is 18.1 Å². The number of rotatable bonds is 5. The monoisotopic (exact) mass is 411 g/mol. The first-order chi connectivity index (χ1) is 13.1. The van der Waals surface area contributed by atoms with Crippen LogP contribution in [0.1, 0.15) is 62.5 Å². The van der Waals surface area contributed by atoms with Gasteiger partial charge in [-0.15, -0.1) is 0 Å². The van der Waals surface area contributed by atoms with Gasteiger partial charge in [0.25, 0.3) is 5.91 Å². The van der Waals surface area contributed by atoms with Gasteiger partial charge in [0.2, 0.25) is 0 Å². The molecule has 8 heteroatoms. The number of sulfone groups is 1. The summed E-state index contributed by atoms with van der Waals surface area (Å²) in [5.41, 5.74) is 3.11. The molecule has 2 aliphatic heterocycles. The maximum Gasteiger partial charge on any atom is 0.278 e. The van der Waals surface area contributed by atoms with Crippen LogP contribution in [-0.2, 0) is 21.2 Å². The second kappa shape index (κ2) is 8.14. The molecule has 0 aliphatic carbocycles. The molecule has 158 valence electrons. The van der Waals surface area contributed by atoms with E-state index in [-0.39, 0.29) is 23.5 Å². The number of piperidine rings is 1. The molecule has 0 spiro atoms. The van der Waals surface area contributed by atoms with Gasteiger partial charge in [-0.1, -0.05) is 0 Å². The van der Waals surface area contributed by atoms with E-state index < -0.39 is 9.84 Å². The highest BCUT2D eigenvalue weighted by atomic mass is 32.2. The number of carbonyl (C=O) groups is 1. The fourth-order valence-corrected chi connectivity index (χ4v) is 6.60. The zero-order valence-corrected chi connectivity index (χ0v) is 18.7. The average Bonchev–Trinajstić information content (AvgIpc) is 3.08. The molecule has 0 aromatic carbocycles. The highest BCUT2D eigenvalue weighted by Crippen LogP contribution is 2.26. The van der Waals surface area contributed by atoms with Crippen LogP contribution in [0, 0.1) is 13.8 Å². The first kappa shape index (κ1) is 21.3. The lowest BCUT2D eigenvalue weighted by molar-refractivity contribution is -0.885. The summed E-state index contributed by atoms with van der Waals surface area (Å²) in [6, 6.07) is 0.577. The van der Waals surface area contributed by atoms with E-state index >= 15 is 0 Å². The molecule has 0 saturated carbocycles. The fraction of sp³-hybridized carbons (Fsp3) is 0.800. The van der Waals surface area contributed by atoms with Crippen molar-refractivity contribution in [3.8, 4) is 0 Å². The Balaban J connectivity index is 1.67. The van der Waals surface area contributed by atoms with Gasteiger partial charge in [0.05, 0.1) is 35.9 Å². The smallest absolute Gasteiger partial charge is 0.278 e. The minimum Gasteiger partial charge on any atom is -0.332 e. The number of hydrogen-bond donors (Lipinski definition) is 1. The summed E-state index contributed by atoms with van der Waals surface area (Å²) in [7, 11) is -0.893. The number of amides is 1. The molecule has 28 heavy (non-hydrogen) atoms. The van der Waals surface area contributed by atoms with E-state index in [1.165, 1.54) is 6.42 Å². The minimum absolute atomic E-state index is 0.0607. The van der Waals surface area contributed by atoms with Gasteiger partial charge < -0.3 is 9.80 Å². The zero-order chi connectivity index (χ0) is 20.6. The second-order valence-corrected chi connectivity index (χ2v) is 11.1. The third kappa shape index (κ3) is 4.43. The summed E-state index contributed by atoms with van der Waals surface area (Å²) in [6.45, 7) is 9.49. The van der Waals surface area contributed by atoms with Crippen LogP contribution in [0.5, 0.6) is 0 Å². The van der Waals surface area contributed by atoms with Gasteiger partial charge in [-0.05, 0) is 53.4 Å². The lowest BCUT2D eigenvalue weighted by atomic mass is 9.97. The van der Waals surface area contributed by atoms with E-state index in [1.54, 1.807) is 0 Å². The van der Waals surface area contributed by atoms with Crippen LogP contribution >= 0.6 is 0 Å². The molecule has 2 aliphatic rings. The van der Waals surface area contributed by atoms with Crippen LogP contribution in [0.25, 0.3) is 0 Å². The molecule has 7 nitrogen and oxygen atoms in total. The zero-order valence-electron chi connectivity index (χ0n) is 17.9. The number of nitrogens with one attached hydrogen (secondary N) is 1. The van der Waals surface area contributed by atoms with Gasteiger partial charge in [-0.2, -0.15) is 5.10 Å². The predicted octanol–water partition coefficient (Wildman–Crippen LogP) is 0.664. The molecule has 2 fully saturated rings. The number of likely N-dealkylation sites (N-methyl/N-ethyl adjacent to an activating group) is 1. The molecular formula is C20H35N4O3S+. The third-order valence-electron chi connectivity index (χ3n) is 6.44. The molecule has 1 aromatic heterocycles. The molecule has 4 atom stereocenters. The molecular weight excluding hydrogens is 376 g/mol. The minimum atomic E-state index is -2.94. The van der Waals surface area contributed by atoms with Crippen LogP contribution in [0.15, 0.2) is 0 Å². The second-order valence-electron chi connectivity index (χ2n) is 8.89. The third-order valence-corrected chi connectivity index (χ3v) is 8.19. The van der Waals surface area contributed by atoms with Crippen molar-refractivity contribution in [3.05, 3.63) is 17.0 Å². The number of aryl methyl sites for hydroxylation is 1. The summed E-state index contributed by atoms with van der Waals surface area (Å²) in [6.07, 6.45) is 4.01. The number of carbonyl (C=O) groups excluding carboxylic acids is 1. The quantitative estimate of drug-likeness (QED) is 0.772. The molecule has 1 N–H and O–H groups in total. The summed E-state index contributed by atoms with van der Waals surface area (Å²) >= 11 is 0. The average molecular weight is 412 g/mol. The largest absolute Gasteiger partial charge is 0.332 e. The highest BCUT2D eigenvalue weighted by molar-refractivity contribution is 7.91. The van der Waals surface area contributed by atoms with Gasteiger partial charge in [0, 0.05) is 17.8 Å². The van der Waals surface area contributed by atoms with Gasteiger partial charge in [0.1, 0.15) is 6.54 Å². The molecule has 1 amide bonds.